The molecule has 2 aliphatic carbocycles. The van der Waals surface area contributed by atoms with Crippen LogP contribution in [0, 0.1) is 13.8 Å². The van der Waals surface area contributed by atoms with Crippen molar-refractivity contribution in [2.24, 2.45) is 0 Å². The van der Waals surface area contributed by atoms with Crippen molar-refractivity contribution >= 4 is 71.8 Å². The predicted octanol–water partition coefficient (Wildman–Crippen LogP) is 19.8. The molecule has 1 heterocycles. The van der Waals surface area contributed by atoms with Gasteiger partial charge in [0.15, 0.2) is 0 Å². The van der Waals surface area contributed by atoms with Crippen LogP contribution in [-0.4, -0.2) is 5.11 Å². The van der Waals surface area contributed by atoms with Gasteiger partial charge in [0, 0.05) is 50.8 Å². The second kappa shape index (κ2) is 20.5. The summed E-state index contributed by atoms with van der Waals surface area (Å²) in [6.07, 6.45) is 18.1. The van der Waals surface area contributed by atoms with Gasteiger partial charge in [0.05, 0.1) is 6.10 Å². The predicted molar refractivity (Wildman–Crippen MR) is 322 cm³/mol. The summed E-state index contributed by atoms with van der Waals surface area (Å²) in [5.74, 6) is 0.255. The molecule has 2 aliphatic rings. The number of fused-ring (bicyclic) bond motifs is 5. The molecule has 0 fully saturated rings. The fraction of sp³-hybridized carbons (Fsp3) is 0.139. The highest BCUT2D eigenvalue weighted by Crippen LogP contribution is 2.45. The average Bonchev–Trinajstić information content (AvgIpc) is 3.84. The van der Waals surface area contributed by atoms with E-state index in [0.29, 0.717) is 0 Å². The van der Waals surface area contributed by atoms with E-state index in [1.807, 2.05) is 36.4 Å². The fourth-order valence-electron chi connectivity index (χ4n) is 11.3. The molecular weight excluding hydrogens is 925 g/mol. The van der Waals surface area contributed by atoms with Crippen molar-refractivity contribution in [3.8, 4) is 11.1 Å². The molecule has 0 aliphatic heterocycles. The van der Waals surface area contributed by atoms with Crippen LogP contribution in [0.25, 0.3) is 60.2 Å². The molecule has 0 spiro atoms. The molecule has 0 amide bonds. The smallest absolute Gasteiger partial charge is 0.136 e. The van der Waals surface area contributed by atoms with Gasteiger partial charge >= 0.3 is 0 Å². The number of allylic oxidation sites excluding steroid dienone is 9. The molecule has 1 aromatic heterocycles. The fourth-order valence-corrected chi connectivity index (χ4v) is 11.3. The maximum Gasteiger partial charge on any atom is 0.136 e. The van der Waals surface area contributed by atoms with Crippen LogP contribution in [0.2, 0.25) is 0 Å². The Labute approximate surface area is 446 Å². The lowest BCUT2D eigenvalue weighted by Crippen LogP contribution is -2.21. The normalized spacial score (nSPS) is 15.5. The summed E-state index contributed by atoms with van der Waals surface area (Å²) in [5.41, 5.74) is 19.7. The maximum absolute atomic E-state index is 11.8. The summed E-state index contributed by atoms with van der Waals surface area (Å²) in [4.78, 5) is 4.80. The standard InChI is InChI=1S/C72H62N2O2/c1-6-47(2)69(46-70(75)54-25-17-10-18-26-54)74(68-43-59(32-29-50(68)5)53-23-15-9-16-24-53)63-36-34-56-40-65-64-39-55-33-35-62(37-60(55)44-71(64)76-72(65)45-61(56)38-63)73(66-41-57(30-27-48(66)3)51-19-11-7-12-20-51)67-42-58(31-28-49(67)4)52-21-13-8-14-22-52/h6-8,10-15,17-30,32-46,58,70,75H,9,16,31H2,1-5H3/b47-6-,69-46+. The van der Waals surface area contributed by atoms with E-state index in [1.54, 1.807) is 0 Å². The first-order valence-electron chi connectivity index (χ1n) is 26.8. The highest BCUT2D eigenvalue weighted by molar-refractivity contribution is 6.14. The zero-order chi connectivity index (χ0) is 51.9. The van der Waals surface area contributed by atoms with Crippen molar-refractivity contribution in [2.45, 2.75) is 65.9 Å². The molecule has 0 bridgehead atoms. The molecule has 2 atom stereocenters. The minimum Gasteiger partial charge on any atom is -0.456 e. The van der Waals surface area contributed by atoms with Gasteiger partial charge in [0.25, 0.3) is 0 Å². The van der Waals surface area contributed by atoms with Crippen LogP contribution in [0.5, 0.6) is 0 Å². The molecule has 2 unspecified atom stereocenters. The highest BCUT2D eigenvalue weighted by Gasteiger charge is 2.26. The van der Waals surface area contributed by atoms with Crippen LogP contribution < -0.4 is 9.80 Å². The van der Waals surface area contributed by atoms with E-state index in [4.69, 9.17) is 4.42 Å². The summed E-state index contributed by atoms with van der Waals surface area (Å²) in [6.45, 7) is 10.8. The van der Waals surface area contributed by atoms with Crippen LogP contribution >= 0.6 is 0 Å². The van der Waals surface area contributed by atoms with Crippen molar-refractivity contribution < 1.29 is 9.52 Å². The van der Waals surface area contributed by atoms with Gasteiger partial charge in [0.1, 0.15) is 11.2 Å². The van der Waals surface area contributed by atoms with E-state index in [0.717, 1.165) is 108 Å². The van der Waals surface area contributed by atoms with E-state index in [-0.39, 0.29) is 5.92 Å². The maximum atomic E-state index is 11.8. The largest absolute Gasteiger partial charge is 0.456 e. The number of anilines is 4. The minimum absolute atomic E-state index is 0.255. The van der Waals surface area contributed by atoms with Gasteiger partial charge in [-0.2, -0.15) is 0 Å². The highest BCUT2D eigenvalue weighted by atomic mass is 16.3. The number of hydrogen-bond acceptors (Lipinski definition) is 4. The Morgan fingerprint density at radius 1 is 0.592 bits per heavy atom. The number of furan rings is 1. The average molecular weight is 987 g/mol. The van der Waals surface area contributed by atoms with E-state index >= 15 is 0 Å². The first-order valence-corrected chi connectivity index (χ1v) is 26.8. The Bertz CT molecular complexity index is 4040. The monoisotopic (exact) mass is 986 g/mol. The number of aliphatic hydroxyl groups excluding tert-OH is 1. The van der Waals surface area contributed by atoms with E-state index in [9.17, 15) is 5.11 Å². The number of aryl methyl sites for hydroxylation is 2. The molecular formula is C72H62N2O2. The van der Waals surface area contributed by atoms with Gasteiger partial charge in [-0.1, -0.05) is 164 Å². The third kappa shape index (κ3) is 9.31. The molecule has 1 N–H and O–H groups in total. The molecule has 4 heteroatoms. The van der Waals surface area contributed by atoms with Gasteiger partial charge < -0.3 is 19.3 Å². The summed E-state index contributed by atoms with van der Waals surface area (Å²) < 4.78 is 6.91. The van der Waals surface area contributed by atoms with E-state index in [2.05, 4.69) is 239 Å². The number of nitrogens with zero attached hydrogens (tertiary/aromatic N) is 2. The zero-order valence-corrected chi connectivity index (χ0v) is 44.0. The Balaban J connectivity index is 0.981. The van der Waals surface area contributed by atoms with Crippen molar-refractivity contribution in [3.05, 3.63) is 281 Å². The Hall–Kier alpha value is -8.70. The number of benzene rings is 9. The second-order valence-corrected chi connectivity index (χ2v) is 20.6. The van der Waals surface area contributed by atoms with Crippen LogP contribution in [0.3, 0.4) is 0 Å². The van der Waals surface area contributed by atoms with Gasteiger partial charge in [-0.3, -0.25) is 0 Å². The van der Waals surface area contributed by atoms with Crippen LogP contribution in [0.4, 0.5) is 22.7 Å². The first kappa shape index (κ1) is 48.3. The zero-order valence-electron chi connectivity index (χ0n) is 44.0. The van der Waals surface area contributed by atoms with Crippen LogP contribution in [0.15, 0.2) is 258 Å². The molecule has 76 heavy (non-hydrogen) atoms. The molecule has 9 aromatic carbocycles. The summed E-state index contributed by atoms with van der Waals surface area (Å²) in [7, 11) is 0. The van der Waals surface area contributed by atoms with Gasteiger partial charge in [0.2, 0.25) is 0 Å². The number of rotatable bonds is 12. The molecule has 0 saturated heterocycles. The number of hydrogen-bond donors (Lipinski definition) is 1. The van der Waals surface area contributed by atoms with Crippen LogP contribution in [0.1, 0.15) is 79.9 Å². The molecule has 10 aromatic rings. The molecule has 0 saturated carbocycles. The van der Waals surface area contributed by atoms with Crippen molar-refractivity contribution in [1.82, 2.24) is 0 Å². The third-order valence-electron chi connectivity index (χ3n) is 15.7. The SMILES string of the molecule is C/C=C(C)\C(=C/C(O)c1ccccc1)N(c1ccc2cc3c(cc2c1)oc1cc2cc(N(C4=CC(c5ccccc5)CC=C4C)c4cc(-c5ccccc5)ccc4C)ccc2cc13)c1cc(C2=CCCC=C2)ccc1C. The van der Waals surface area contributed by atoms with Crippen LogP contribution in [-0.2, 0) is 0 Å². The second-order valence-electron chi connectivity index (χ2n) is 20.6. The lowest BCUT2D eigenvalue weighted by molar-refractivity contribution is 0.227. The molecule has 0 radical (unpaired) electrons. The quantitative estimate of drug-likeness (QED) is 0.124. The lowest BCUT2D eigenvalue weighted by Gasteiger charge is -2.33. The first-order chi connectivity index (χ1) is 37.2. The minimum atomic E-state index is -0.821. The van der Waals surface area contributed by atoms with E-state index < -0.39 is 6.10 Å². The van der Waals surface area contributed by atoms with Gasteiger partial charge in [-0.15, -0.1) is 0 Å². The lowest BCUT2D eigenvalue weighted by atomic mass is 9.88. The molecule has 372 valence electrons. The van der Waals surface area contributed by atoms with Gasteiger partial charge in [-0.25, -0.2) is 0 Å². The Kier molecular flexibility index (Phi) is 13.0. The third-order valence-corrected chi connectivity index (χ3v) is 15.7. The molecule has 12 rings (SSSR count). The Morgan fingerprint density at radius 3 is 1.88 bits per heavy atom. The van der Waals surface area contributed by atoms with Crippen molar-refractivity contribution in [1.29, 1.82) is 0 Å². The summed E-state index contributed by atoms with van der Waals surface area (Å²) >= 11 is 0. The van der Waals surface area contributed by atoms with Gasteiger partial charge in [-0.05, 0) is 198 Å². The number of aliphatic hydroxyl groups is 1. The van der Waals surface area contributed by atoms with Crippen molar-refractivity contribution in [2.75, 3.05) is 9.80 Å². The Morgan fingerprint density at radius 2 is 1.21 bits per heavy atom. The molecule has 4 nitrogen and oxygen atoms in total. The van der Waals surface area contributed by atoms with Crippen molar-refractivity contribution in [3.63, 3.8) is 0 Å². The summed E-state index contributed by atoms with van der Waals surface area (Å²) in [6, 6.07) is 67.7. The summed E-state index contributed by atoms with van der Waals surface area (Å²) in [5, 5.41) is 18.5. The topological polar surface area (TPSA) is 39.9 Å². The van der Waals surface area contributed by atoms with E-state index in [1.165, 1.54) is 44.7 Å².